The van der Waals surface area contributed by atoms with Crippen LogP contribution in [0.3, 0.4) is 0 Å². The van der Waals surface area contributed by atoms with E-state index in [9.17, 15) is 4.79 Å². The topological polar surface area (TPSA) is 55.1 Å². The lowest BCUT2D eigenvalue weighted by Crippen LogP contribution is -1.96. The summed E-state index contributed by atoms with van der Waals surface area (Å²) in [4.78, 5) is 10.8. The lowest BCUT2D eigenvalue weighted by molar-refractivity contribution is 0.0697. The second-order valence-electron chi connectivity index (χ2n) is 4.25. The van der Waals surface area contributed by atoms with Crippen molar-refractivity contribution in [3.8, 4) is 5.69 Å². The smallest absolute Gasteiger partial charge is 0.338 e. The molecule has 94 valence electrons. The Hall–Kier alpha value is -2.10. The molecule has 0 aliphatic rings. The van der Waals surface area contributed by atoms with E-state index in [1.165, 1.54) is 30.8 Å². The Kier molecular flexibility index (Phi) is 3.77. The summed E-state index contributed by atoms with van der Waals surface area (Å²) >= 11 is 0. The Morgan fingerprint density at radius 3 is 2.61 bits per heavy atom. The van der Waals surface area contributed by atoms with Crippen LogP contribution >= 0.6 is 0 Å². The van der Waals surface area contributed by atoms with E-state index in [4.69, 9.17) is 5.11 Å². The predicted octanol–water partition coefficient (Wildman–Crippen LogP) is 2.91. The molecule has 0 atom stereocenters. The van der Waals surface area contributed by atoms with Crippen LogP contribution in [0.4, 0.5) is 0 Å². The molecule has 0 fully saturated rings. The van der Waals surface area contributed by atoms with E-state index in [2.05, 4.69) is 24.2 Å². The van der Waals surface area contributed by atoms with E-state index < -0.39 is 5.97 Å². The molecule has 18 heavy (non-hydrogen) atoms. The fourth-order valence-corrected chi connectivity index (χ4v) is 1.77. The van der Waals surface area contributed by atoms with E-state index in [-0.39, 0.29) is 5.56 Å². The van der Waals surface area contributed by atoms with Crippen LogP contribution in [0.5, 0.6) is 0 Å². The number of aromatic nitrogens is 2. The maximum Gasteiger partial charge on any atom is 0.338 e. The third-order valence-corrected chi connectivity index (χ3v) is 2.85. The fraction of sp³-hybridized carbons (Fsp3) is 0.286. The number of unbranched alkanes of at least 4 members (excludes halogenated alkanes) is 1. The van der Waals surface area contributed by atoms with Crippen molar-refractivity contribution in [1.82, 2.24) is 9.78 Å². The average Bonchev–Trinajstić information content (AvgIpc) is 2.87. The standard InChI is InChI=1S/C14H16N2O2/c1-2-3-4-11-5-7-13(8-6-11)16-10-12(9-15-16)14(17)18/h5-10H,2-4H2,1H3,(H,17,18). The highest BCUT2D eigenvalue weighted by Crippen LogP contribution is 2.12. The number of benzene rings is 1. The second kappa shape index (κ2) is 5.49. The Morgan fingerprint density at radius 2 is 2.06 bits per heavy atom. The molecule has 2 aromatic rings. The highest BCUT2D eigenvalue weighted by molar-refractivity contribution is 5.86. The van der Waals surface area contributed by atoms with E-state index in [0.717, 1.165) is 12.1 Å². The first kappa shape index (κ1) is 12.4. The molecule has 0 unspecified atom stereocenters. The quantitative estimate of drug-likeness (QED) is 0.879. The molecule has 0 bridgehead atoms. The van der Waals surface area contributed by atoms with Crippen molar-refractivity contribution in [3.63, 3.8) is 0 Å². The molecular weight excluding hydrogens is 228 g/mol. The van der Waals surface area contributed by atoms with Gasteiger partial charge >= 0.3 is 5.97 Å². The van der Waals surface area contributed by atoms with Gasteiger partial charge in [-0.3, -0.25) is 0 Å². The first-order valence-electron chi connectivity index (χ1n) is 6.08. The van der Waals surface area contributed by atoms with Gasteiger partial charge in [0.05, 0.1) is 17.4 Å². The first-order valence-corrected chi connectivity index (χ1v) is 6.08. The molecule has 0 saturated heterocycles. The minimum absolute atomic E-state index is 0.199. The number of carboxylic acids is 1. The van der Waals surface area contributed by atoms with Gasteiger partial charge in [-0.05, 0) is 30.5 Å². The second-order valence-corrected chi connectivity index (χ2v) is 4.25. The molecule has 0 spiro atoms. The third-order valence-electron chi connectivity index (χ3n) is 2.85. The predicted molar refractivity (Wildman–Crippen MR) is 69.1 cm³/mol. The Balaban J connectivity index is 2.15. The van der Waals surface area contributed by atoms with E-state index in [1.807, 2.05) is 12.1 Å². The lowest BCUT2D eigenvalue weighted by Gasteiger charge is -2.03. The normalized spacial score (nSPS) is 10.5. The molecular formula is C14H16N2O2. The van der Waals surface area contributed by atoms with Crippen LogP contribution in [0.15, 0.2) is 36.7 Å². The van der Waals surface area contributed by atoms with Gasteiger partial charge in [-0.15, -0.1) is 0 Å². The molecule has 4 heteroatoms. The maximum atomic E-state index is 10.8. The van der Waals surface area contributed by atoms with Gasteiger partial charge in [-0.1, -0.05) is 25.5 Å². The summed E-state index contributed by atoms with van der Waals surface area (Å²) in [5.74, 6) is -0.958. The summed E-state index contributed by atoms with van der Waals surface area (Å²) in [6, 6.07) is 8.05. The van der Waals surface area contributed by atoms with Crippen molar-refractivity contribution in [2.24, 2.45) is 0 Å². The Bertz CT molecular complexity index is 529. The number of hydrogen-bond donors (Lipinski definition) is 1. The van der Waals surface area contributed by atoms with Crippen molar-refractivity contribution >= 4 is 5.97 Å². The van der Waals surface area contributed by atoms with Gasteiger partial charge in [0.15, 0.2) is 0 Å². The zero-order chi connectivity index (χ0) is 13.0. The molecule has 0 aliphatic heterocycles. The molecule has 0 saturated carbocycles. The number of aryl methyl sites for hydroxylation is 1. The van der Waals surface area contributed by atoms with Crippen molar-refractivity contribution in [2.45, 2.75) is 26.2 Å². The van der Waals surface area contributed by atoms with Crippen molar-refractivity contribution in [1.29, 1.82) is 0 Å². The summed E-state index contributed by atoms with van der Waals surface area (Å²) in [7, 11) is 0. The zero-order valence-electron chi connectivity index (χ0n) is 10.3. The number of carboxylic acid groups (broad SMARTS) is 1. The van der Waals surface area contributed by atoms with E-state index >= 15 is 0 Å². The highest BCUT2D eigenvalue weighted by Gasteiger charge is 2.06. The Morgan fingerprint density at radius 1 is 1.33 bits per heavy atom. The summed E-state index contributed by atoms with van der Waals surface area (Å²) in [5, 5.41) is 12.9. The van der Waals surface area contributed by atoms with Crippen LogP contribution in [0.25, 0.3) is 5.69 Å². The summed E-state index contributed by atoms with van der Waals surface area (Å²) in [6.45, 7) is 2.17. The minimum atomic E-state index is -0.958. The SMILES string of the molecule is CCCCc1ccc(-n2cc(C(=O)O)cn2)cc1. The van der Waals surface area contributed by atoms with Crippen LogP contribution in [-0.4, -0.2) is 20.9 Å². The maximum absolute atomic E-state index is 10.8. The zero-order valence-corrected chi connectivity index (χ0v) is 10.3. The van der Waals surface area contributed by atoms with Gasteiger partial charge in [0.25, 0.3) is 0 Å². The summed E-state index contributed by atoms with van der Waals surface area (Å²) in [5.41, 5.74) is 2.37. The number of nitrogens with zero attached hydrogens (tertiary/aromatic N) is 2. The lowest BCUT2D eigenvalue weighted by atomic mass is 10.1. The van der Waals surface area contributed by atoms with Crippen LogP contribution in [-0.2, 0) is 6.42 Å². The first-order chi connectivity index (χ1) is 8.70. The molecule has 1 aromatic carbocycles. The number of hydrogen-bond acceptors (Lipinski definition) is 2. The molecule has 1 N–H and O–H groups in total. The molecule has 0 radical (unpaired) electrons. The van der Waals surface area contributed by atoms with Gasteiger partial charge in [0.2, 0.25) is 0 Å². The van der Waals surface area contributed by atoms with Crippen LogP contribution in [0, 0.1) is 0 Å². The number of carbonyl (C=O) groups is 1. The highest BCUT2D eigenvalue weighted by atomic mass is 16.4. The molecule has 1 heterocycles. The molecule has 4 nitrogen and oxygen atoms in total. The van der Waals surface area contributed by atoms with Gasteiger partial charge in [0.1, 0.15) is 0 Å². The molecule has 0 aliphatic carbocycles. The van der Waals surface area contributed by atoms with Crippen molar-refractivity contribution < 1.29 is 9.90 Å². The van der Waals surface area contributed by atoms with Crippen LogP contribution in [0.2, 0.25) is 0 Å². The number of rotatable bonds is 5. The van der Waals surface area contributed by atoms with Gasteiger partial charge in [-0.2, -0.15) is 5.10 Å². The molecule has 0 amide bonds. The fourth-order valence-electron chi connectivity index (χ4n) is 1.77. The van der Waals surface area contributed by atoms with E-state index in [1.54, 1.807) is 4.68 Å². The largest absolute Gasteiger partial charge is 0.478 e. The molecule has 2 rings (SSSR count). The van der Waals surface area contributed by atoms with Crippen LogP contribution < -0.4 is 0 Å². The van der Waals surface area contributed by atoms with Gasteiger partial charge in [-0.25, -0.2) is 9.48 Å². The van der Waals surface area contributed by atoms with Gasteiger partial charge in [0, 0.05) is 6.20 Å². The van der Waals surface area contributed by atoms with Crippen LogP contribution in [0.1, 0.15) is 35.7 Å². The summed E-state index contributed by atoms with van der Waals surface area (Å²) in [6.07, 6.45) is 6.32. The monoisotopic (exact) mass is 244 g/mol. The summed E-state index contributed by atoms with van der Waals surface area (Å²) < 4.78 is 1.58. The van der Waals surface area contributed by atoms with E-state index in [0.29, 0.717) is 0 Å². The molecule has 1 aromatic heterocycles. The van der Waals surface area contributed by atoms with Gasteiger partial charge < -0.3 is 5.11 Å². The average molecular weight is 244 g/mol. The number of aromatic carboxylic acids is 1. The van der Waals surface area contributed by atoms with Crippen molar-refractivity contribution in [3.05, 3.63) is 47.8 Å². The Labute approximate surface area is 106 Å². The third kappa shape index (κ3) is 2.77. The minimum Gasteiger partial charge on any atom is -0.478 e. The van der Waals surface area contributed by atoms with Crippen molar-refractivity contribution in [2.75, 3.05) is 0 Å².